The lowest BCUT2D eigenvalue weighted by Crippen LogP contribution is -2.10. The molecule has 0 aliphatic heterocycles. The van der Waals surface area contributed by atoms with E-state index in [1.165, 1.54) is 13.1 Å². The van der Waals surface area contributed by atoms with Crippen molar-refractivity contribution in [1.29, 1.82) is 0 Å². The molecule has 0 saturated carbocycles. The van der Waals surface area contributed by atoms with Gasteiger partial charge in [0.05, 0.1) is 22.5 Å². The van der Waals surface area contributed by atoms with E-state index in [-0.39, 0.29) is 22.7 Å². The van der Waals surface area contributed by atoms with Crippen LogP contribution >= 0.6 is 41.9 Å². The van der Waals surface area contributed by atoms with Crippen molar-refractivity contribution < 1.29 is 13.9 Å². The molecule has 0 spiro atoms. The number of esters is 1. The number of nitrogens with zero attached hydrogens (tertiary/aromatic N) is 1. The van der Waals surface area contributed by atoms with Gasteiger partial charge in [-0.15, -0.1) is 0 Å². The van der Waals surface area contributed by atoms with Gasteiger partial charge < -0.3 is 4.74 Å². The van der Waals surface area contributed by atoms with Crippen molar-refractivity contribution in [2.75, 3.05) is 6.61 Å². The molecule has 0 saturated heterocycles. The van der Waals surface area contributed by atoms with Crippen LogP contribution in [0, 0.1) is 5.82 Å². The Kier molecular flexibility index (Phi) is 4.39. The number of halogens is 3. The van der Waals surface area contributed by atoms with Crippen molar-refractivity contribution >= 4 is 58.8 Å². The number of hydrogen-bond donors (Lipinski definition) is 0. The van der Waals surface area contributed by atoms with E-state index in [0.29, 0.717) is 5.52 Å². The Morgan fingerprint density at radius 3 is 2.94 bits per heavy atom. The predicted molar refractivity (Wildman–Crippen MR) is 79.9 cm³/mol. The van der Waals surface area contributed by atoms with E-state index in [0.717, 1.165) is 0 Å². The van der Waals surface area contributed by atoms with Gasteiger partial charge in [-0.25, -0.2) is 9.18 Å². The van der Waals surface area contributed by atoms with E-state index >= 15 is 0 Å². The average Bonchev–Trinajstić information content (AvgIpc) is 2.63. The summed E-state index contributed by atoms with van der Waals surface area (Å²) in [5.74, 6) is -1.33. The van der Waals surface area contributed by atoms with Crippen molar-refractivity contribution in [3.8, 4) is 0 Å². The van der Waals surface area contributed by atoms with Crippen LogP contribution < -0.4 is 0 Å². The molecular weight excluding hydrogens is 392 g/mol. The minimum atomic E-state index is -0.688. The lowest BCUT2D eigenvalue weighted by Gasteiger charge is -2.04. The molecule has 0 amide bonds. The monoisotopic (exact) mass is 399 g/mol. The normalized spacial score (nSPS) is 10.9. The van der Waals surface area contributed by atoms with Gasteiger partial charge in [0.25, 0.3) is 0 Å². The van der Waals surface area contributed by atoms with Crippen molar-refractivity contribution in [1.82, 2.24) is 3.97 Å². The highest BCUT2D eigenvalue weighted by Crippen LogP contribution is 2.35. The molecule has 0 aliphatic rings. The molecule has 1 aromatic heterocycles. The fourth-order valence-electron chi connectivity index (χ4n) is 1.67. The minimum absolute atomic E-state index is 0.112. The Hall–Kier alpha value is -0.470. The van der Waals surface area contributed by atoms with Gasteiger partial charge in [-0.2, -0.15) is 0 Å². The maximum absolute atomic E-state index is 14.3. The molecule has 2 rings (SSSR count). The predicted octanol–water partition coefficient (Wildman–Crippen LogP) is 4.46. The van der Waals surface area contributed by atoms with Gasteiger partial charge in [-0.1, -0.05) is 17.7 Å². The second-order valence-electron chi connectivity index (χ2n) is 3.38. The first kappa shape index (κ1) is 14.0. The molecule has 2 aromatic rings. The van der Waals surface area contributed by atoms with Gasteiger partial charge in [-0.3, -0.25) is 3.97 Å². The summed E-state index contributed by atoms with van der Waals surface area (Å²) in [6.07, 6.45) is 0. The lowest BCUT2D eigenvalue weighted by atomic mass is 10.2. The second kappa shape index (κ2) is 5.66. The summed E-state index contributed by atoms with van der Waals surface area (Å²) in [6, 6.07) is 5.01. The van der Waals surface area contributed by atoms with E-state index in [1.807, 2.05) is 21.2 Å². The van der Waals surface area contributed by atoms with Crippen LogP contribution in [0.3, 0.4) is 0 Å². The van der Waals surface area contributed by atoms with E-state index in [2.05, 4.69) is 0 Å². The van der Waals surface area contributed by atoms with Crippen LogP contribution in [0.5, 0.6) is 0 Å². The maximum atomic E-state index is 14.3. The van der Waals surface area contributed by atoms with E-state index < -0.39 is 11.8 Å². The largest absolute Gasteiger partial charge is 0.461 e. The van der Waals surface area contributed by atoms with Crippen molar-refractivity contribution in [2.45, 2.75) is 6.92 Å². The number of aromatic nitrogens is 1. The lowest BCUT2D eigenvalue weighted by molar-refractivity contribution is 0.0514. The maximum Gasteiger partial charge on any atom is 0.358 e. The van der Waals surface area contributed by atoms with Gasteiger partial charge in [0.15, 0.2) is 11.5 Å². The topological polar surface area (TPSA) is 31.2 Å². The SMILES string of the molecule is CCOC(=O)c1c(F)c2c(Cl)cccc2n1SI. The van der Waals surface area contributed by atoms with Gasteiger partial charge in [0.2, 0.25) is 0 Å². The second-order valence-corrected chi connectivity index (χ2v) is 5.47. The molecule has 3 nitrogen and oxygen atoms in total. The molecule has 0 aliphatic carbocycles. The third-order valence-corrected chi connectivity index (χ3v) is 4.39. The van der Waals surface area contributed by atoms with Gasteiger partial charge in [0.1, 0.15) is 0 Å². The van der Waals surface area contributed by atoms with Crippen molar-refractivity contribution in [2.24, 2.45) is 0 Å². The molecule has 18 heavy (non-hydrogen) atoms. The van der Waals surface area contributed by atoms with Gasteiger partial charge in [0, 0.05) is 30.3 Å². The summed E-state index contributed by atoms with van der Waals surface area (Å²) in [6.45, 7) is 1.87. The Balaban J connectivity index is 2.76. The number of ether oxygens (including phenoxy) is 1. The molecule has 0 radical (unpaired) electrons. The molecule has 0 unspecified atom stereocenters. The highest BCUT2D eigenvalue weighted by Gasteiger charge is 2.25. The molecule has 0 N–H and O–H groups in total. The summed E-state index contributed by atoms with van der Waals surface area (Å²) in [5.41, 5.74) is 0.446. The fraction of sp³-hybridized carbons (Fsp3) is 0.182. The number of carbonyl (C=O) groups is 1. The number of carbonyl (C=O) groups excluding carboxylic acids is 1. The molecule has 96 valence electrons. The first-order valence-electron chi connectivity index (χ1n) is 5.06. The van der Waals surface area contributed by atoms with Crippen LogP contribution in [0.2, 0.25) is 5.02 Å². The Labute approximate surface area is 124 Å². The molecule has 0 atom stereocenters. The van der Waals surface area contributed by atoms with E-state index in [9.17, 15) is 9.18 Å². The minimum Gasteiger partial charge on any atom is -0.461 e. The molecular formula is C11H8ClFINO2S. The highest BCUT2D eigenvalue weighted by molar-refractivity contribution is 14.2. The van der Waals surface area contributed by atoms with Crippen LogP contribution in [0.15, 0.2) is 18.2 Å². The molecule has 0 bridgehead atoms. The van der Waals surface area contributed by atoms with Crippen molar-refractivity contribution in [3.63, 3.8) is 0 Å². The molecule has 0 fully saturated rings. The zero-order valence-corrected chi connectivity index (χ0v) is 13.0. The van der Waals surface area contributed by atoms with Gasteiger partial charge in [-0.05, 0) is 19.1 Å². The Morgan fingerprint density at radius 2 is 2.33 bits per heavy atom. The third kappa shape index (κ3) is 2.21. The van der Waals surface area contributed by atoms with Crippen molar-refractivity contribution in [3.05, 3.63) is 34.7 Å². The summed E-state index contributed by atoms with van der Waals surface area (Å²) in [7, 11) is 1.20. The summed E-state index contributed by atoms with van der Waals surface area (Å²) < 4.78 is 20.6. The molecule has 1 aromatic carbocycles. The van der Waals surface area contributed by atoms with Crippen LogP contribution in [-0.4, -0.2) is 16.5 Å². The van der Waals surface area contributed by atoms with E-state index in [4.69, 9.17) is 16.3 Å². The quantitative estimate of drug-likeness (QED) is 0.564. The Bertz CT molecular complexity index is 617. The third-order valence-electron chi connectivity index (χ3n) is 2.38. The standard InChI is InChI=1S/C11H8ClFINO2S/c1-2-17-11(16)10-9(13)8-6(12)4-3-5-7(8)15(10)18-14/h3-5H,2H2,1H3. The summed E-state index contributed by atoms with van der Waals surface area (Å²) in [5, 5.41) is 0.520. The number of benzene rings is 1. The Morgan fingerprint density at radius 1 is 1.61 bits per heavy atom. The summed E-state index contributed by atoms with van der Waals surface area (Å²) in [4.78, 5) is 11.8. The highest BCUT2D eigenvalue weighted by atomic mass is 127. The molecule has 1 heterocycles. The summed E-state index contributed by atoms with van der Waals surface area (Å²) >= 11 is 7.95. The average molecular weight is 400 g/mol. The smallest absolute Gasteiger partial charge is 0.358 e. The number of fused-ring (bicyclic) bond motifs is 1. The fourth-order valence-corrected chi connectivity index (χ4v) is 3.60. The van der Waals surface area contributed by atoms with E-state index in [1.54, 1.807) is 25.1 Å². The zero-order valence-electron chi connectivity index (χ0n) is 9.25. The zero-order chi connectivity index (χ0) is 13.3. The number of hydrogen-bond acceptors (Lipinski definition) is 3. The van der Waals surface area contributed by atoms with Crippen LogP contribution in [0.1, 0.15) is 17.4 Å². The first-order valence-corrected chi connectivity index (χ1v) is 8.75. The van der Waals surface area contributed by atoms with Crippen LogP contribution in [0.4, 0.5) is 4.39 Å². The van der Waals surface area contributed by atoms with Gasteiger partial charge >= 0.3 is 5.97 Å². The molecule has 7 heteroatoms. The number of rotatable bonds is 3. The van der Waals surface area contributed by atoms with Crippen LogP contribution in [-0.2, 0) is 4.74 Å². The van der Waals surface area contributed by atoms with Crippen LogP contribution in [0.25, 0.3) is 10.9 Å². The first-order chi connectivity index (χ1) is 8.61.